The lowest BCUT2D eigenvalue weighted by molar-refractivity contribution is 0.0927. The van der Waals surface area contributed by atoms with E-state index in [1.807, 2.05) is 6.92 Å². The first-order chi connectivity index (χ1) is 8.04. The van der Waals surface area contributed by atoms with Crippen LogP contribution in [0, 0.1) is 0 Å². The quantitative estimate of drug-likeness (QED) is 0.397. The highest BCUT2D eigenvalue weighted by atomic mass is 16.1. The van der Waals surface area contributed by atoms with Gasteiger partial charge in [-0.25, -0.2) is 5.01 Å². The van der Waals surface area contributed by atoms with Crippen LogP contribution >= 0.6 is 0 Å². The fraction of sp³-hybridized carbons (Fsp3) is 0.417. The summed E-state index contributed by atoms with van der Waals surface area (Å²) in [5.74, 6) is 5.41. The van der Waals surface area contributed by atoms with Gasteiger partial charge in [-0.2, -0.15) is 0 Å². The second kappa shape index (κ2) is 6.22. The van der Waals surface area contributed by atoms with Crippen LogP contribution in [-0.4, -0.2) is 30.6 Å². The lowest BCUT2D eigenvalue weighted by atomic mass is 10.1. The van der Waals surface area contributed by atoms with Gasteiger partial charge in [0, 0.05) is 25.3 Å². The molecule has 1 amide bonds. The van der Waals surface area contributed by atoms with Crippen molar-refractivity contribution in [3.05, 3.63) is 29.8 Å². The van der Waals surface area contributed by atoms with Crippen LogP contribution < -0.4 is 16.9 Å². The summed E-state index contributed by atoms with van der Waals surface area (Å²) in [6.45, 7) is 2.61. The number of rotatable bonds is 5. The number of nitrogen functional groups attached to an aromatic ring is 1. The van der Waals surface area contributed by atoms with Crippen LogP contribution in [0.25, 0.3) is 0 Å². The molecule has 1 atom stereocenters. The van der Waals surface area contributed by atoms with Crippen molar-refractivity contribution in [1.82, 2.24) is 10.3 Å². The Bertz CT molecular complexity index is 379. The number of carbonyl (C=O) groups is 1. The molecule has 5 nitrogen and oxygen atoms in total. The largest absolute Gasteiger partial charge is 0.398 e. The van der Waals surface area contributed by atoms with E-state index in [1.54, 1.807) is 36.3 Å². The maximum absolute atomic E-state index is 12.0. The minimum absolute atomic E-state index is 0.0251. The van der Waals surface area contributed by atoms with E-state index in [-0.39, 0.29) is 11.9 Å². The number of hydrazine groups is 1. The molecule has 0 aromatic heterocycles. The molecule has 5 heteroatoms. The van der Waals surface area contributed by atoms with Crippen molar-refractivity contribution in [3.63, 3.8) is 0 Å². The lowest BCUT2D eigenvalue weighted by Gasteiger charge is -2.21. The number of amides is 1. The van der Waals surface area contributed by atoms with Crippen molar-refractivity contribution < 1.29 is 4.79 Å². The number of hydrogen-bond acceptors (Lipinski definition) is 4. The van der Waals surface area contributed by atoms with Gasteiger partial charge in [0.05, 0.1) is 5.56 Å². The Morgan fingerprint density at radius 2 is 2.12 bits per heavy atom. The van der Waals surface area contributed by atoms with Crippen LogP contribution in [0.5, 0.6) is 0 Å². The number of hydrogen-bond donors (Lipinski definition) is 3. The van der Waals surface area contributed by atoms with Crippen LogP contribution in [0.15, 0.2) is 24.3 Å². The van der Waals surface area contributed by atoms with Gasteiger partial charge in [-0.15, -0.1) is 0 Å². The number of para-hydroxylation sites is 1. The fourth-order valence-corrected chi connectivity index (χ4v) is 1.59. The molecular formula is C12H20N4O. The van der Waals surface area contributed by atoms with E-state index >= 15 is 0 Å². The molecule has 0 aliphatic heterocycles. The Kier molecular flexibility index (Phi) is 4.93. The molecule has 1 aromatic carbocycles. The number of nitrogens with two attached hydrogens (primary N) is 2. The van der Waals surface area contributed by atoms with Crippen LogP contribution in [0.2, 0.25) is 0 Å². The molecule has 0 aliphatic carbocycles. The van der Waals surface area contributed by atoms with Crippen LogP contribution in [0.1, 0.15) is 23.7 Å². The first-order valence-corrected chi connectivity index (χ1v) is 5.65. The number of carbonyl (C=O) groups excluding carboxylic acids is 1. The van der Waals surface area contributed by atoms with Crippen molar-refractivity contribution in [1.29, 1.82) is 0 Å². The van der Waals surface area contributed by atoms with E-state index in [0.717, 1.165) is 6.42 Å². The molecule has 17 heavy (non-hydrogen) atoms. The third kappa shape index (κ3) is 4.05. The average molecular weight is 236 g/mol. The molecule has 0 spiro atoms. The summed E-state index contributed by atoms with van der Waals surface area (Å²) in [4.78, 5) is 12.0. The van der Waals surface area contributed by atoms with Crippen LogP contribution in [0.3, 0.4) is 0 Å². The highest BCUT2D eigenvalue weighted by Crippen LogP contribution is 2.10. The summed E-state index contributed by atoms with van der Waals surface area (Å²) in [7, 11) is 1.77. The third-order valence-corrected chi connectivity index (χ3v) is 2.54. The number of anilines is 1. The summed E-state index contributed by atoms with van der Waals surface area (Å²) in [6.07, 6.45) is 0.819. The van der Waals surface area contributed by atoms with Crippen molar-refractivity contribution in [2.75, 3.05) is 19.3 Å². The normalized spacial score (nSPS) is 12.5. The van der Waals surface area contributed by atoms with Crippen LogP contribution in [-0.2, 0) is 0 Å². The van der Waals surface area contributed by atoms with Gasteiger partial charge in [-0.1, -0.05) is 19.1 Å². The van der Waals surface area contributed by atoms with E-state index < -0.39 is 0 Å². The van der Waals surface area contributed by atoms with Gasteiger partial charge >= 0.3 is 0 Å². The number of benzene rings is 1. The molecule has 0 fully saturated rings. The van der Waals surface area contributed by atoms with Gasteiger partial charge in [0.2, 0.25) is 0 Å². The standard InChI is InChI=1S/C12H20N4O/c1-3-9(8-16(2)14)15-12(17)10-6-4-5-7-11(10)13/h4-7,9H,3,8,13-14H2,1-2H3,(H,15,17). The molecule has 0 saturated carbocycles. The Morgan fingerprint density at radius 1 is 1.47 bits per heavy atom. The first-order valence-electron chi connectivity index (χ1n) is 5.65. The second-order valence-corrected chi connectivity index (χ2v) is 4.11. The summed E-state index contributed by atoms with van der Waals surface area (Å²) < 4.78 is 0. The zero-order chi connectivity index (χ0) is 12.8. The Balaban J connectivity index is 2.68. The Labute approximate surface area is 102 Å². The minimum Gasteiger partial charge on any atom is -0.398 e. The predicted molar refractivity (Wildman–Crippen MR) is 69.2 cm³/mol. The van der Waals surface area contributed by atoms with Gasteiger partial charge in [0.15, 0.2) is 0 Å². The molecule has 1 aromatic rings. The highest BCUT2D eigenvalue weighted by Gasteiger charge is 2.14. The molecule has 5 N–H and O–H groups in total. The summed E-state index contributed by atoms with van der Waals surface area (Å²) >= 11 is 0. The summed E-state index contributed by atoms with van der Waals surface area (Å²) in [5.41, 5.74) is 6.74. The molecule has 0 bridgehead atoms. The van der Waals surface area contributed by atoms with E-state index in [0.29, 0.717) is 17.8 Å². The van der Waals surface area contributed by atoms with Crippen molar-refractivity contribution in [2.45, 2.75) is 19.4 Å². The number of likely N-dealkylation sites (N-methyl/N-ethyl adjacent to an activating group) is 1. The van der Waals surface area contributed by atoms with E-state index in [2.05, 4.69) is 5.32 Å². The second-order valence-electron chi connectivity index (χ2n) is 4.11. The van der Waals surface area contributed by atoms with Gasteiger partial charge in [-0.05, 0) is 18.6 Å². The zero-order valence-electron chi connectivity index (χ0n) is 10.3. The summed E-state index contributed by atoms with van der Waals surface area (Å²) in [5, 5.41) is 4.47. The van der Waals surface area contributed by atoms with E-state index in [9.17, 15) is 4.79 Å². The number of nitrogens with one attached hydrogen (secondary N) is 1. The van der Waals surface area contributed by atoms with Crippen LogP contribution in [0.4, 0.5) is 5.69 Å². The zero-order valence-corrected chi connectivity index (χ0v) is 10.3. The molecular weight excluding hydrogens is 216 g/mol. The Hall–Kier alpha value is -1.59. The van der Waals surface area contributed by atoms with Crippen molar-refractivity contribution in [3.8, 4) is 0 Å². The molecule has 0 heterocycles. The van der Waals surface area contributed by atoms with E-state index in [1.165, 1.54) is 0 Å². The van der Waals surface area contributed by atoms with Crippen molar-refractivity contribution in [2.24, 2.45) is 5.84 Å². The molecule has 0 radical (unpaired) electrons. The third-order valence-electron chi connectivity index (χ3n) is 2.54. The lowest BCUT2D eigenvalue weighted by Crippen LogP contribution is -2.44. The maximum Gasteiger partial charge on any atom is 0.253 e. The van der Waals surface area contributed by atoms with Gasteiger partial charge in [-0.3, -0.25) is 10.6 Å². The highest BCUT2D eigenvalue weighted by molar-refractivity contribution is 5.99. The van der Waals surface area contributed by atoms with Gasteiger partial charge in [0.1, 0.15) is 0 Å². The summed E-state index contributed by atoms with van der Waals surface area (Å²) in [6, 6.07) is 7.05. The molecule has 0 saturated heterocycles. The minimum atomic E-state index is -0.156. The van der Waals surface area contributed by atoms with Gasteiger partial charge in [0.25, 0.3) is 5.91 Å². The molecule has 1 rings (SSSR count). The van der Waals surface area contributed by atoms with Gasteiger partial charge < -0.3 is 11.1 Å². The van der Waals surface area contributed by atoms with E-state index in [4.69, 9.17) is 11.6 Å². The van der Waals surface area contributed by atoms with Crippen molar-refractivity contribution >= 4 is 11.6 Å². The first kappa shape index (κ1) is 13.5. The molecule has 94 valence electrons. The smallest absolute Gasteiger partial charge is 0.253 e. The maximum atomic E-state index is 12.0. The topological polar surface area (TPSA) is 84.4 Å². The Morgan fingerprint density at radius 3 is 2.65 bits per heavy atom. The predicted octanol–water partition coefficient (Wildman–Crippen LogP) is 0.583. The SMILES string of the molecule is CCC(CN(C)N)NC(=O)c1ccccc1N. The number of nitrogens with zero attached hydrogens (tertiary/aromatic N) is 1. The fourth-order valence-electron chi connectivity index (χ4n) is 1.59. The average Bonchev–Trinajstić information content (AvgIpc) is 2.27. The molecule has 0 aliphatic rings. The monoisotopic (exact) mass is 236 g/mol. The molecule has 1 unspecified atom stereocenters.